The quantitative estimate of drug-likeness (QED) is 0.568. The van der Waals surface area contributed by atoms with E-state index in [1.54, 1.807) is 6.08 Å². The van der Waals surface area contributed by atoms with E-state index in [9.17, 15) is 4.79 Å². The van der Waals surface area contributed by atoms with Crippen LogP contribution in [0.2, 0.25) is 0 Å². The van der Waals surface area contributed by atoms with E-state index in [-0.39, 0.29) is 5.97 Å². The van der Waals surface area contributed by atoms with Crippen molar-refractivity contribution in [3.63, 3.8) is 0 Å². The summed E-state index contributed by atoms with van der Waals surface area (Å²) < 4.78 is 5.02. The first kappa shape index (κ1) is 16.8. The van der Waals surface area contributed by atoms with Crippen molar-refractivity contribution in [3.05, 3.63) is 83.6 Å². The second-order valence-corrected chi connectivity index (χ2v) is 5.37. The Bertz CT molecular complexity index is 594. The molecule has 0 N–H and O–H groups in total. The van der Waals surface area contributed by atoms with Gasteiger partial charge in [-0.15, -0.1) is 0 Å². The highest BCUT2D eigenvalue weighted by atomic mass is 16.5. The number of nitrogens with zero attached hydrogens (tertiary/aromatic N) is 1. The van der Waals surface area contributed by atoms with Gasteiger partial charge in [-0.2, -0.15) is 0 Å². The monoisotopic (exact) mass is 309 g/mol. The lowest BCUT2D eigenvalue weighted by atomic mass is 10.1. The van der Waals surface area contributed by atoms with E-state index in [2.05, 4.69) is 29.2 Å². The summed E-state index contributed by atoms with van der Waals surface area (Å²) in [7, 11) is 0. The van der Waals surface area contributed by atoms with Crippen molar-refractivity contribution in [2.24, 2.45) is 0 Å². The van der Waals surface area contributed by atoms with Crippen molar-refractivity contribution in [2.75, 3.05) is 6.61 Å². The molecule has 3 nitrogen and oxygen atoms in total. The molecule has 0 fully saturated rings. The fourth-order valence-corrected chi connectivity index (χ4v) is 2.36. The summed E-state index contributed by atoms with van der Waals surface area (Å²) in [6, 6.07) is 20.5. The maximum atomic E-state index is 11.7. The Balaban J connectivity index is 2.18. The van der Waals surface area contributed by atoms with Crippen LogP contribution in [0.1, 0.15) is 25.0 Å². The van der Waals surface area contributed by atoms with E-state index < -0.39 is 0 Å². The van der Waals surface area contributed by atoms with Crippen LogP contribution in [-0.2, 0) is 22.6 Å². The van der Waals surface area contributed by atoms with Gasteiger partial charge in [0.2, 0.25) is 0 Å². The normalized spacial score (nSPS) is 11.1. The molecule has 2 aromatic rings. The van der Waals surface area contributed by atoms with Gasteiger partial charge in [0, 0.05) is 24.9 Å². The van der Waals surface area contributed by atoms with Crippen molar-refractivity contribution >= 4 is 5.97 Å². The number of carbonyl (C=O) groups excluding carboxylic acids is 1. The van der Waals surface area contributed by atoms with Crippen LogP contribution in [-0.4, -0.2) is 17.5 Å². The molecule has 0 radical (unpaired) electrons. The maximum absolute atomic E-state index is 11.7. The molecule has 0 aromatic heterocycles. The summed E-state index contributed by atoms with van der Waals surface area (Å²) in [5, 5.41) is 0. The van der Waals surface area contributed by atoms with Crippen LogP contribution in [0.4, 0.5) is 0 Å². The lowest BCUT2D eigenvalue weighted by Gasteiger charge is -2.25. The fraction of sp³-hybridized carbons (Fsp3) is 0.250. The predicted octanol–water partition coefficient (Wildman–Crippen LogP) is 4.16. The summed E-state index contributed by atoms with van der Waals surface area (Å²) in [6.45, 7) is 5.64. The van der Waals surface area contributed by atoms with Crippen molar-refractivity contribution in [2.45, 2.75) is 26.9 Å². The molecule has 0 unspecified atom stereocenters. The van der Waals surface area contributed by atoms with Crippen molar-refractivity contribution < 1.29 is 9.53 Å². The molecular weight excluding hydrogens is 286 g/mol. The van der Waals surface area contributed by atoms with Crippen LogP contribution in [0.5, 0.6) is 0 Å². The van der Waals surface area contributed by atoms with Crippen LogP contribution in [0.3, 0.4) is 0 Å². The van der Waals surface area contributed by atoms with Gasteiger partial charge in [-0.3, -0.25) is 0 Å². The van der Waals surface area contributed by atoms with Crippen LogP contribution in [0, 0.1) is 0 Å². The van der Waals surface area contributed by atoms with Gasteiger partial charge >= 0.3 is 5.97 Å². The van der Waals surface area contributed by atoms with Gasteiger partial charge in [-0.05, 0) is 25.0 Å². The van der Waals surface area contributed by atoms with Gasteiger partial charge in [-0.1, -0.05) is 60.7 Å². The number of rotatable bonds is 7. The lowest BCUT2D eigenvalue weighted by Crippen LogP contribution is -2.22. The van der Waals surface area contributed by atoms with Gasteiger partial charge in [-0.25, -0.2) is 4.79 Å². The van der Waals surface area contributed by atoms with Crippen molar-refractivity contribution in [1.29, 1.82) is 0 Å². The number of ether oxygens (including phenoxy) is 1. The fourth-order valence-electron chi connectivity index (χ4n) is 2.36. The largest absolute Gasteiger partial charge is 0.463 e. The summed E-state index contributed by atoms with van der Waals surface area (Å²) in [4.78, 5) is 13.9. The van der Waals surface area contributed by atoms with E-state index in [0.29, 0.717) is 6.61 Å². The molecule has 3 heteroatoms. The van der Waals surface area contributed by atoms with Gasteiger partial charge in [0.05, 0.1) is 6.61 Å². The molecule has 0 amide bonds. The number of allylic oxidation sites excluding steroid dienone is 1. The summed E-state index contributed by atoms with van der Waals surface area (Å²) in [6.07, 6.45) is 1.56. The molecule has 0 atom stereocenters. The van der Waals surface area contributed by atoms with E-state index in [4.69, 9.17) is 4.74 Å². The number of carbonyl (C=O) groups is 1. The van der Waals surface area contributed by atoms with Crippen LogP contribution < -0.4 is 0 Å². The minimum atomic E-state index is -0.295. The highest BCUT2D eigenvalue weighted by molar-refractivity contribution is 5.82. The van der Waals surface area contributed by atoms with Crippen LogP contribution >= 0.6 is 0 Å². The molecule has 0 saturated carbocycles. The van der Waals surface area contributed by atoms with Crippen LogP contribution in [0.25, 0.3) is 0 Å². The number of esters is 1. The Morgan fingerprint density at radius 1 is 0.957 bits per heavy atom. The summed E-state index contributed by atoms with van der Waals surface area (Å²) in [5.74, 6) is -0.295. The Kier molecular flexibility index (Phi) is 6.42. The second kappa shape index (κ2) is 8.79. The first-order valence-electron chi connectivity index (χ1n) is 7.87. The highest BCUT2D eigenvalue weighted by Crippen LogP contribution is 2.15. The zero-order valence-electron chi connectivity index (χ0n) is 13.7. The molecule has 2 aromatic carbocycles. The van der Waals surface area contributed by atoms with Crippen molar-refractivity contribution in [1.82, 2.24) is 4.90 Å². The minimum Gasteiger partial charge on any atom is -0.463 e. The third kappa shape index (κ3) is 5.62. The van der Waals surface area contributed by atoms with Crippen LogP contribution in [0.15, 0.2) is 72.4 Å². The first-order chi connectivity index (χ1) is 11.2. The lowest BCUT2D eigenvalue weighted by molar-refractivity contribution is -0.137. The molecule has 0 aliphatic rings. The average molecular weight is 309 g/mol. The number of benzene rings is 2. The SMILES string of the molecule is CCOC(=O)/C=C(/C)N(Cc1ccccc1)Cc1ccccc1. The van der Waals surface area contributed by atoms with E-state index in [0.717, 1.165) is 18.8 Å². The number of hydrogen-bond acceptors (Lipinski definition) is 3. The van der Waals surface area contributed by atoms with E-state index >= 15 is 0 Å². The Labute approximate surface area is 138 Å². The third-order valence-electron chi connectivity index (χ3n) is 3.54. The predicted molar refractivity (Wildman–Crippen MR) is 92.5 cm³/mol. The summed E-state index contributed by atoms with van der Waals surface area (Å²) >= 11 is 0. The Morgan fingerprint density at radius 2 is 1.43 bits per heavy atom. The van der Waals surface area contributed by atoms with Gasteiger partial charge in [0.1, 0.15) is 0 Å². The van der Waals surface area contributed by atoms with Gasteiger partial charge in [0.25, 0.3) is 0 Å². The zero-order chi connectivity index (χ0) is 16.5. The van der Waals surface area contributed by atoms with E-state index in [1.807, 2.05) is 50.2 Å². The molecule has 0 aliphatic carbocycles. The average Bonchev–Trinajstić information content (AvgIpc) is 2.56. The molecule has 0 saturated heterocycles. The first-order valence-corrected chi connectivity index (χ1v) is 7.87. The van der Waals surface area contributed by atoms with Gasteiger partial charge < -0.3 is 9.64 Å². The van der Waals surface area contributed by atoms with Crippen molar-refractivity contribution in [3.8, 4) is 0 Å². The third-order valence-corrected chi connectivity index (χ3v) is 3.54. The topological polar surface area (TPSA) is 29.5 Å². The van der Waals surface area contributed by atoms with Gasteiger partial charge in [0.15, 0.2) is 0 Å². The smallest absolute Gasteiger partial charge is 0.332 e. The minimum absolute atomic E-state index is 0.295. The molecule has 120 valence electrons. The molecule has 0 heterocycles. The standard InChI is InChI=1S/C20H23NO2/c1-3-23-20(22)14-17(2)21(15-18-10-6-4-7-11-18)16-19-12-8-5-9-13-19/h4-14H,3,15-16H2,1-2H3/b17-14-. The highest BCUT2D eigenvalue weighted by Gasteiger charge is 2.10. The summed E-state index contributed by atoms with van der Waals surface area (Å²) in [5.41, 5.74) is 3.32. The molecular formula is C20H23NO2. The Hall–Kier alpha value is -2.55. The number of hydrogen-bond donors (Lipinski definition) is 0. The zero-order valence-corrected chi connectivity index (χ0v) is 13.7. The Morgan fingerprint density at radius 3 is 1.87 bits per heavy atom. The molecule has 0 spiro atoms. The molecule has 2 rings (SSSR count). The van der Waals surface area contributed by atoms with E-state index in [1.165, 1.54) is 11.1 Å². The molecule has 23 heavy (non-hydrogen) atoms. The maximum Gasteiger partial charge on any atom is 0.332 e. The second-order valence-electron chi connectivity index (χ2n) is 5.37. The molecule has 0 bridgehead atoms. The molecule has 0 aliphatic heterocycles.